The third-order valence-electron chi connectivity index (χ3n) is 3.39. The van der Waals surface area contributed by atoms with Crippen molar-refractivity contribution >= 4 is 26.9 Å². The maximum Gasteiger partial charge on any atom is 0.349 e. The lowest BCUT2D eigenvalue weighted by Crippen LogP contribution is -2.02. The summed E-state index contributed by atoms with van der Waals surface area (Å²) in [6.45, 7) is 0. The SMILES string of the molecule is O=c1oc2ccccc2cc1-c1nnc(-c2ccc(Br)cc2)o1. The molecule has 0 aliphatic heterocycles. The molecule has 0 radical (unpaired) electrons. The first-order valence-corrected chi connectivity index (χ1v) is 7.63. The molecular formula is C17H9BrN2O3. The van der Waals surface area contributed by atoms with Gasteiger partial charge in [0.25, 0.3) is 5.89 Å². The number of hydrogen-bond donors (Lipinski definition) is 0. The van der Waals surface area contributed by atoms with Crippen LogP contribution in [-0.2, 0) is 0 Å². The van der Waals surface area contributed by atoms with Gasteiger partial charge in [-0.3, -0.25) is 0 Å². The van der Waals surface area contributed by atoms with Crippen LogP contribution in [0.2, 0.25) is 0 Å². The maximum atomic E-state index is 12.1. The molecule has 0 N–H and O–H groups in total. The van der Waals surface area contributed by atoms with Crippen LogP contribution in [0, 0.1) is 0 Å². The lowest BCUT2D eigenvalue weighted by Gasteiger charge is -1.98. The van der Waals surface area contributed by atoms with E-state index in [1.807, 2.05) is 42.5 Å². The molecular weight excluding hydrogens is 360 g/mol. The third-order valence-corrected chi connectivity index (χ3v) is 3.92. The average Bonchev–Trinajstić information content (AvgIpc) is 3.04. The molecule has 0 aliphatic carbocycles. The van der Waals surface area contributed by atoms with Crippen molar-refractivity contribution in [2.24, 2.45) is 0 Å². The summed E-state index contributed by atoms with van der Waals surface area (Å²) >= 11 is 3.37. The molecule has 0 spiro atoms. The fraction of sp³-hybridized carbons (Fsp3) is 0. The van der Waals surface area contributed by atoms with Gasteiger partial charge in [-0.2, -0.15) is 0 Å². The van der Waals surface area contributed by atoms with Gasteiger partial charge >= 0.3 is 5.63 Å². The molecule has 2 heterocycles. The summed E-state index contributed by atoms with van der Waals surface area (Å²) in [4.78, 5) is 12.1. The van der Waals surface area contributed by atoms with Crippen LogP contribution < -0.4 is 5.63 Å². The van der Waals surface area contributed by atoms with Gasteiger partial charge in [-0.15, -0.1) is 10.2 Å². The van der Waals surface area contributed by atoms with Gasteiger partial charge in [-0.1, -0.05) is 34.1 Å². The molecule has 2 aromatic heterocycles. The Morgan fingerprint density at radius 1 is 0.870 bits per heavy atom. The van der Waals surface area contributed by atoms with Crippen molar-refractivity contribution in [1.82, 2.24) is 10.2 Å². The zero-order chi connectivity index (χ0) is 15.8. The van der Waals surface area contributed by atoms with Crippen molar-refractivity contribution in [3.63, 3.8) is 0 Å². The standard InChI is InChI=1S/C17H9BrN2O3/c18-12-7-5-10(6-8-12)15-19-20-16(23-15)13-9-11-3-1-2-4-14(11)22-17(13)21/h1-9H. The maximum absolute atomic E-state index is 12.1. The number of halogens is 1. The molecule has 0 atom stereocenters. The van der Waals surface area contributed by atoms with E-state index in [9.17, 15) is 4.79 Å². The van der Waals surface area contributed by atoms with E-state index >= 15 is 0 Å². The van der Waals surface area contributed by atoms with Crippen LogP contribution in [0.25, 0.3) is 33.9 Å². The zero-order valence-electron chi connectivity index (χ0n) is 11.7. The topological polar surface area (TPSA) is 69.1 Å². The smallest absolute Gasteiger partial charge is 0.349 e. The van der Waals surface area contributed by atoms with Crippen LogP contribution in [0.5, 0.6) is 0 Å². The van der Waals surface area contributed by atoms with Crippen molar-refractivity contribution in [2.75, 3.05) is 0 Å². The Hall–Kier alpha value is -2.73. The molecule has 112 valence electrons. The average molecular weight is 369 g/mol. The van der Waals surface area contributed by atoms with Crippen molar-refractivity contribution in [1.29, 1.82) is 0 Å². The van der Waals surface area contributed by atoms with E-state index in [1.165, 1.54) is 0 Å². The van der Waals surface area contributed by atoms with Crippen molar-refractivity contribution in [2.45, 2.75) is 0 Å². The number of benzene rings is 2. The number of hydrogen-bond acceptors (Lipinski definition) is 5. The Bertz CT molecular complexity index is 1050. The van der Waals surface area contributed by atoms with E-state index < -0.39 is 5.63 Å². The van der Waals surface area contributed by atoms with E-state index in [0.29, 0.717) is 11.5 Å². The Morgan fingerprint density at radius 3 is 2.43 bits per heavy atom. The molecule has 4 rings (SSSR count). The second kappa shape index (κ2) is 5.48. The normalized spacial score (nSPS) is 11.0. The largest absolute Gasteiger partial charge is 0.422 e. The summed E-state index contributed by atoms with van der Waals surface area (Å²) < 4.78 is 11.9. The van der Waals surface area contributed by atoms with E-state index in [-0.39, 0.29) is 11.5 Å². The second-order valence-electron chi connectivity index (χ2n) is 4.90. The molecule has 5 nitrogen and oxygen atoms in total. The first-order valence-electron chi connectivity index (χ1n) is 6.83. The highest BCUT2D eigenvalue weighted by atomic mass is 79.9. The van der Waals surface area contributed by atoms with Crippen LogP contribution >= 0.6 is 15.9 Å². The quantitative estimate of drug-likeness (QED) is 0.494. The zero-order valence-corrected chi connectivity index (χ0v) is 13.3. The van der Waals surface area contributed by atoms with Gasteiger partial charge < -0.3 is 8.83 Å². The van der Waals surface area contributed by atoms with Gasteiger partial charge in [0, 0.05) is 15.4 Å². The Morgan fingerprint density at radius 2 is 1.61 bits per heavy atom. The Kier molecular flexibility index (Phi) is 3.31. The Balaban J connectivity index is 1.81. The number of nitrogens with zero attached hydrogens (tertiary/aromatic N) is 2. The number of aromatic nitrogens is 2. The van der Waals surface area contributed by atoms with Gasteiger partial charge in [0.1, 0.15) is 11.1 Å². The van der Waals surface area contributed by atoms with Gasteiger partial charge in [-0.05, 0) is 36.4 Å². The van der Waals surface area contributed by atoms with Crippen molar-refractivity contribution in [3.05, 3.63) is 69.5 Å². The molecule has 4 aromatic rings. The van der Waals surface area contributed by atoms with Gasteiger partial charge in [0.05, 0.1) is 0 Å². The van der Waals surface area contributed by atoms with Crippen molar-refractivity contribution in [3.8, 4) is 22.9 Å². The number of para-hydroxylation sites is 1. The number of rotatable bonds is 2. The lowest BCUT2D eigenvalue weighted by atomic mass is 10.2. The molecule has 0 fully saturated rings. The molecule has 23 heavy (non-hydrogen) atoms. The van der Waals surface area contributed by atoms with E-state index in [4.69, 9.17) is 8.83 Å². The molecule has 2 aromatic carbocycles. The molecule has 0 saturated carbocycles. The summed E-state index contributed by atoms with van der Waals surface area (Å²) in [5.74, 6) is 0.488. The molecule has 0 unspecified atom stereocenters. The molecule has 0 aliphatic rings. The summed E-state index contributed by atoms with van der Waals surface area (Å²) in [6.07, 6.45) is 0. The van der Waals surface area contributed by atoms with Crippen LogP contribution in [0.3, 0.4) is 0 Å². The Labute approximate surface area is 138 Å². The molecule has 0 amide bonds. The minimum atomic E-state index is -0.505. The second-order valence-corrected chi connectivity index (χ2v) is 5.82. The predicted molar refractivity (Wildman–Crippen MR) is 88.9 cm³/mol. The summed E-state index contributed by atoms with van der Waals surface area (Å²) in [5, 5.41) is 8.76. The van der Waals surface area contributed by atoms with E-state index in [0.717, 1.165) is 15.4 Å². The van der Waals surface area contributed by atoms with Crippen LogP contribution in [0.1, 0.15) is 0 Å². The fourth-order valence-electron chi connectivity index (χ4n) is 2.25. The highest BCUT2D eigenvalue weighted by molar-refractivity contribution is 9.10. The molecule has 0 saturated heterocycles. The monoisotopic (exact) mass is 368 g/mol. The van der Waals surface area contributed by atoms with Gasteiger partial charge in [0.15, 0.2) is 0 Å². The predicted octanol–water partition coefficient (Wildman–Crippen LogP) is 4.27. The van der Waals surface area contributed by atoms with Gasteiger partial charge in [-0.25, -0.2) is 4.79 Å². The minimum Gasteiger partial charge on any atom is -0.422 e. The number of fused-ring (bicyclic) bond motifs is 1. The molecule has 0 bridgehead atoms. The van der Waals surface area contributed by atoms with E-state index in [2.05, 4.69) is 26.1 Å². The van der Waals surface area contributed by atoms with Crippen LogP contribution in [0.4, 0.5) is 0 Å². The third kappa shape index (κ3) is 2.57. The summed E-state index contributed by atoms with van der Waals surface area (Å²) in [6, 6.07) is 16.4. The van der Waals surface area contributed by atoms with Crippen LogP contribution in [0.15, 0.2) is 72.7 Å². The highest BCUT2D eigenvalue weighted by Gasteiger charge is 2.15. The van der Waals surface area contributed by atoms with E-state index in [1.54, 1.807) is 12.1 Å². The minimum absolute atomic E-state index is 0.141. The van der Waals surface area contributed by atoms with Gasteiger partial charge in [0.2, 0.25) is 5.89 Å². The van der Waals surface area contributed by atoms with Crippen molar-refractivity contribution < 1.29 is 8.83 Å². The van der Waals surface area contributed by atoms with Crippen LogP contribution in [-0.4, -0.2) is 10.2 Å². The highest BCUT2D eigenvalue weighted by Crippen LogP contribution is 2.25. The first kappa shape index (κ1) is 13.9. The summed E-state index contributed by atoms with van der Waals surface area (Å²) in [7, 11) is 0. The molecule has 6 heteroatoms. The lowest BCUT2D eigenvalue weighted by molar-refractivity contribution is 0.547. The fourth-order valence-corrected chi connectivity index (χ4v) is 2.52. The first-order chi connectivity index (χ1) is 11.2. The summed E-state index contributed by atoms with van der Waals surface area (Å²) in [5.41, 5.74) is 1.04.